The topological polar surface area (TPSA) is 7.76 Å². The number of aryl methyl sites for hydroxylation is 2. The van der Waals surface area contributed by atoms with Crippen LogP contribution in [0.25, 0.3) is 0 Å². The van der Waals surface area contributed by atoms with Crippen LogP contribution in [0.2, 0.25) is 0 Å². The molecule has 0 unspecified atom stereocenters. The molecule has 2 heteroatoms. The highest BCUT2D eigenvalue weighted by Crippen LogP contribution is 1.89. The van der Waals surface area contributed by atoms with Crippen LogP contribution in [0.15, 0.2) is 12.4 Å². The van der Waals surface area contributed by atoms with Gasteiger partial charge in [-0.1, -0.05) is 0 Å². The van der Waals surface area contributed by atoms with Crippen LogP contribution in [0.4, 0.5) is 0 Å². The van der Waals surface area contributed by atoms with Gasteiger partial charge in [0, 0.05) is 6.92 Å². The van der Waals surface area contributed by atoms with Gasteiger partial charge >= 0.3 is 0 Å². The van der Waals surface area contributed by atoms with Gasteiger partial charge < -0.3 is 0 Å². The van der Waals surface area contributed by atoms with Crippen LogP contribution < -0.4 is 9.13 Å². The van der Waals surface area contributed by atoms with E-state index in [9.17, 15) is 0 Å². The van der Waals surface area contributed by atoms with Crippen molar-refractivity contribution in [3.63, 3.8) is 0 Å². The van der Waals surface area contributed by atoms with E-state index in [0.717, 1.165) is 11.4 Å². The molecule has 0 saturated carbocycles. The Hall–Kier alpha value is -0.920. The molecule has 0 saturated heterocycles. The lowest BCUT2D eigenvalue weighted by molar-refractivity contribution is -0.733. The molecule has 1 rings (SSSR count). The van der Waals surface area contributed by atoms with Crippen LogP contribution in [-0.2, 0) is 14.1 Å². The average molecular weight is 136 g/mol. The lowest BCUT2D eigenvalue weighted by Gasteiger charge is -1.94. The maximum atomic E-state index is 5.72. The van der Waals surface area contributed by atoms with Gasteiger partial charge in [0.25, 0.3) is 5.69 Å². The zero-order valence-corrected chi connectivity index (χ0v) is 6.63. The maximum Gasteiger partial charge on any atom is 0.253 e. The highest BCUT2D eigenvalue weighted by atomic mass is 15.0. The third-order valence-electron chi connectivity index (χ3n) is 1.79. The summed E-state index contributed by atoms with van der Waals surface area (Å²) >= 11 is 0. The van der Waals surface area contributed by atoms with Gasteiger partial charge in [-0.15, -0.1) is 0 Å². The Balaban J connectivity index is 3.34. The minimum atomic E-state index is 0.810. The summed E-state index contributed by atoms with van der Waals surface area (Å²) in [4.78, 5) is 0. The van der Waals surface area contributed by atoms with E-state index in [0.29, 0.717) is 0 Å². The van der Waals surface area contributed by atoms with Gasteiger partial charge in [0.1, 0.15) is 14.1 Å². The molecule has 0 amide bonds. The fourth-order valence-corrected chi connectivity index (χ4v) is 0.828. The Morgan fingerprint density at radius 2 is 1.70 bits per heavy atom. The van der Waals surface area contributed by atoms with Crippen molar-refractivity contribution in [2.45, 2.75) is 6.92 Å². The Labute approximate surface area is 61.8 Å². The van der Waals surface area contributed by atoms with E-state index in [4.69, 9.17) is 6.92 Å². The lowest BCUT2D eigenvalue weighted by atomic mass is 10.3. The third kappa shape index (κ3) is 1.01. The Bertz CT molecular complexity index is 227. The van der Waals surface area contributed by atoms with E-state index in [1.54, 1.807) is 0 Å². The summed E-state index contributed by atoms with van der Waals surface area (Å²) in [5, 5.41) is 0. The van der Waals surface area contributed by atoms with Crippen LogP contribution in [-0.4, -0.2) is 0 Å². The quantitative estimate of drug-likeness (QED) is 0.433. The summed E-state index contributed by atoms with van der Waals surface area (Å²) in [7, 11) is 3.91. The predicted octanol–water partition coefficient (Wildman–Crippen LogP) is -0.297. The first-order valence-corrected chi connectivity index (χ1v) is 3.23. The summed E-state index contributed by atoms with van der Waals surface area (Å²) in [6, 6.07) is 0. The summed E-state index contributed by atoms with van der Waals surface area (Å²) in [5.74, 6) is 0. The zero-order valence-electron chi connectivity index (χ0n) is 6.63. The second kappa shape index (κ2) is 2.37. The van der Waals surface area contributed by atoms with Crippen LogP contribution >= 0.6 is 0 Å². The number of rotatable bonds is 0. The third-order valence-corrected chi connectivity index (χ3v) is 1.79. The second-order valence-corrected chi connectivity index (χ2v) is 2.49. The van der Waals surface area contributed by atoms with Crippen molar-refractivity contribution >= 4 is 0 Å². The second-order valence-electron chi connectivity index (χ2n) is 2.49. The first kappa shape index (κ1) is 7.19. The van der Waals surface area contributed by atoms with Crippen molar-refractivity contribution in [3.05, 3.63) is 30.7 Å². The molecule has 0 aliphatic heterocycles. The minimum Gasteiger partial charge on any atom is -0.195 e. The van der Waals surface area contributed by atoms with Gasteiger partial charge in [-0.2, -0.15) is 9.13 Å². The molecule has 0 bridgehead atoms. The maximum absolute atomic E-state index is 5.72. The minimum absolute atomic E-state index is 0.810. The molecule has 0 aliphatic rings. The van der Waals surface area contributed by atoms with Gasteiger partial charge in [0.05, 0.1) is 6.92 Å². The van der Waals surface area contributed by atoms with E-state index in [-0.39, 0.29) is 0 Å². The molecular formula is C8H12N2+2. The number of nitrogens with zero attached hydrogens (tertiary/aromatic N) is 2. The van der Waals surface area contributed by atoms with E-state index in [1.165, 1.54) is 0 Å². The van der Waals surface area contributed by atoms with Gasteiger partial charge in [0.15, 0.2) is 0 Å². The van der Waals surface area contributed by atoms with E-state index in [1.807, 2.05) is 42.5 Å². The van der Waals surface area contributed by atoms with Gasteiger partial charge in [-0.3, -0.25) is 0 Å². The molecule has 0 aliphatic carbocycles. The van der Waals surface area contributed by atoms with Crippen molar-refractivity contribution in [2.75, 3.05) is 0 Å². The van der Waals surface area contributed by atoms with Crippen LogP contribution in [0, 0.1) is 13.8 Å². The monoisotopic (exact) mass is 136 g/mol. The summed E-state index contributed by atoms with van der Waals surface area (Å²) < 4.78 is 3.89. The van der Waals surface area contributed by atoms with Crippen LogP contribution in [0.5, 0.6) is 0 Å². The number of hydrogen-bond acceptors (Lipinski definition) is 0. The molecule has 0 aromatic carbocycles. The molecule has 1 aromatic heterocycles. The van der Waals surface area contributed by atoms with Crippen molar-refractivity contribution < 1.29 is 9.13 Å². The molecule has 0 fully saturated rings. The molecule has 1 aromatic rings. The fraction of sp³-hybridized carbons (Fsp3) is 0.375. The number of aromatic nitrogens is 2. The molecule has 10 heavy (non-hydrogen) atoms. The molecule has 52 valence electrons. The van der Waals surface area contributed by atoms with E-state index >= 15 is 0 Å². The van der Waals surface area contributed by atoms with E-state index in [2.05, 4.69) is 0 Å². The SMILES string of the molecule is [CH]c1c(C)[n+](C)cc[n+]1C. The Morgan fingerprint density at radius 1 is 1.20 bits per heavy atom. The normalized spacial score (nSPS) is 10.0. The highest BCUT2D eigenvalue weighted by Gasteiger charge is 2.12. The fourth-order valence-electron chi connectivity index (χ4n) is 0.828. The molecule has 0 atom stereocenters. The van der Waals surface area contributed by atoms with Gasteiger partial charge in [-0.25, -0.2) is 0 Å². The standard InChI is InChI=1S/C8H12N2/c1-7-8(2)10(4)6-5-9(7)3/h1,5-6H,2-4H3/q+2. The first-order valence-electron chi connectivity index (χ1n) is 3.23. The van der Waals surface area contributed by atoms with Crippen molar-refractivity contribution in [3.8, 4) is 0 Å². The summed E-state index contributed by atoms with van der Waals surface area (Å²) in [6.07, 6.45) is 3.91. The summed E-state index contributed by atoms with van der Waals surface area (Å²) in [6.45, 7) is 7.72. The molecule has 2 nitrogen and oxygen atoms in total. The van der Waals surface area contributed by atoms with E-state index < -0.39 is 0 Å². The molecule has 1 heterocycles. The van der Waals surface area contributed by atoms with Crippen molar-refractivity contribution in [2.24, 2.45) is 14.1 Å². The highest BCUT2D eigenvalue weighted by molar-refractivity contribution is 4.99. The molecular weight excluding hydrogens is 124 g/mol. The number of hydrogen-bond donors (Lipinski definition) is 0. The Morgan fingerprint density at radius 3 is 2.20 bits per heavy atom. The largest absolute Gasteiger partial charge is 0.253 e. The Kier molecular flexibility index (Phi) is 1.70. The molecule has 0 spiro atoms. The van der Waals surface area contributed by atoms with Gasteiger partial charge in [-0.05, 0) is 0 Å². The first-order chi connectivity index (χ1) is 4.63. The van der Waals surface area contributed by atoms with Crippen LogP contribution in [0.3, 0.4) is 0 Å². The van der Waals surface area contributed by atoms with Crippen molar-refractivity contribution in [1.29, 1.82) is 0 Å². The predicted molar refractivity (Wildman–Crippen MR) is 36.9 cm³/mol. The molecule has 0 N–H and O–H groups in total. The summed E-state index contributed by atoms with van der Waals surface area (Å²) in [5.41, 5.74) is 1.90. The average Bonchev–Trinajstić information content (AvgIpc) is 1.93. The van der Waals surface area contributed by atoms with Gasteiger partial charge in [0.2, 0.25) is 18.1 Å². The lowest BCUT2D eigenvalue weighted by Crippen LogP contribution is -2.43. The zero-order chi connectivity index (χ0) is 7.72. The molecule has 2 radical (unpaired) electrons. The van der Waals surface area contributed by atoms with Crippen molar-refractivity contribution in [1.82, 2.24) is 0 Å². The van der Waals surface area contributed by atoms with Crippen LogP contribution in [0.1, 0.15) is 11.4 Å². The smallest absolute Gasteiger partial charge is 0.195 e.